The number of hydrogen-bond donors (Lipinski definition) is 0. The van der Waals surface area contributed by atoms with E-state index >= 15 is 0 Å². The molecule has 6 heteroatoms. The molecule has 78 heavy (non-hydrogen) atoms. The zero-order valence-corrected chi connectivity index (χ0v) is 42.9. The molecule has 368 valence electrons. The number of hydrogen-bond acceptors (Lipinski definition) is 2. The average molecular weight is 1000 g/mol. The molecule has 12 aromatic carbocycles. The molecule has 0 unspecified atom stereocenters. The first-order valence-electron chi connectivity index (χ1n) is 26.6. The van der Waals surface area contributed by atoms with E-state index in [1.807, 2.05) is 0 Å². The summed E-state index contributed by atoms with van der Waals surface area (Å²) in [6, 6.07) is 93.1. The molecule has 0 aliphatic carbocycles. The minimum absolute atomic E-state index is 0.679. The summed E-state index contributed by atoms with van der Waals surface area (Å²) in [6.45, 7) is 0. The molecule has 4 aromatic heterocycles. The van der Waals surface area contributed by atoms with Crippen molar-refractivity contribution in [2.75, 3.05) is 14.2 Å². The Labute approximate surface area is 449 Å². The molecule has 16 rings (SSSR count). The molecule has 0 saturated heterocycles. The number of para-hydroxylation sites is 6. The van der Waals surface area contributed by atoms with Crippen LogP contribution < -0.4 is 9.47 Å². The van der Waals surface area contributed by atoms with Gasteiger partial charge in [-0.1, -0.05) is 133 Å². The van der Waals surface area contributed by atoms with Gasteiger partial charge in [0.1, 0.15) is 0 Å². The maximum Gasteiger partial charge on any atom is 0.161 e. The van der Waals surface area contributed by atoms with Crippen LogP contribution in [0.25, 0.3) is 143 Å². The van der Waals surface area contributed by atoms with Crippen molar-refractivity contribution in [1.82, 2.24) is 18.3 Å². The quantitative estimate of drug-likeness (QED) is 0.152. The van der Waals surface area contributed by atoms with Crippen molar-refractivity contribution in [3.05, 3.63) is 255 Å². The van der Waals surface area contributed by atoms with Gasteiger partial charge in [-0.3, -0.25) is 0 Å². The molecule has 0 radical (unpaired) electrons. The lowest BCUT2D eigenvalue weighted by Gasteiger charge is -2.18. The van der Waals surface area contributed by atoms with Gasteiger partial charge in [0, 0.05) is 65.5 Å². The minimum Gasteiger partial charge on any atom is -0.493 e. The molecule has 0 atom stereocenters. The highest BCUT2D eigenvalue weighted by Gasteiger charge is 2.22. The highest BCUT2D eigenvalue weighted by atomic mass is 16.5. The molecular formula is C72H48N4O2. The summed E-state index contributed by atoms with van der Waals surface area (Å²) in [5.41, 5.74) is 18.4. The van der Waals surface area contributed by atoms with Crippen LogP contribution >= 0.6 is 0 Å². The lowest BCUT2D eigenvalue weighted by molar-refractivity contribution is 0.356. The second kappa shape index (κ2) is 17.1. The first-order valence-corrected chi connectivity index (χ1v) is 26.6. The molecule has 4 heterocycles. The molecule has 0 N–H and O–H groups in total. The van der Waals surface area contributed by atoms with E-state index in [1.165, 1.54) is 81.8 Å². The maximum atomic E-state index is 6.03. The molecule has 6 nitrogen and oxygen atoms in total. The van der Waals surface area contributed by atoms with Gasteiger partial charge in [0.25, 0.3) is 0 Å². The Balaban J connectivity index is 0.880. The van der Waals surface area contributed by atoms with Gasteiger partial charge >= 0.3 is 0 Å². The number of benzene rings is 12. The van der Waals surface area contributed by atoms with E-state index in [0.717, 1.165) is 61.2 Å². The smallest absolute Gasteiger partial charge is 0.161 e. The summed E-state index contributed by atoms with van der Waals surface area (Å²) in [6.07, 6.45) is 0. The Bertz CT molecular complexity index is 5110. The second-order valence-electron chi connectivity index (χ2n) is 20.4. The fourth-order valence-corrected chi connectivity index (χ4v) is 12.8. The van der Waals surface area contributed by atoms with Crippen LogP contribution in [-0.2, 0) is 0 Å². The average Bonchev–Trinajstić information content (AvgIpc) is 4.37. The molecule has 0 saturated carbocycles. The van der Waals surface area contributed by atoms with Gasteiger partial charge in [-0.2, -0.15) is 0 Å². The second-order valence-corrected chi connectivity index (χ2v) is 20.4. The van der Waals surface area contributed by atoms with Gasteiger partial charge in [-0.05, 0) is 149 Å². The Morgan fingerprint density at radius 1 is 0.231 bits per heavy atom. The van der Waals surface area contributed by atoms with Crippen LogP contribution in [0.1, 0.15) is 0 Å². The first-order chi connectivity index (χ1) is 38.6. The van der Waals surface area contributed by atoms with Gasteiger partial charge < -0.3 is 27.7 Å². The maximum absolute atomic E-state index is 6.03. The fraction of sp³-hybridized carbons (Fsp3) is 0.0278. The van der Waals surface area contributed by atoms with Gasteiger partial charge in [0.2, 0.25) is 0 Å². The Kier molecular flexibility index (Phi) is 9.66. The van der Waals surface area contributed by atoms with Crippen molar-refractivity contribution in [1.29, 1.82) is 0 Å². The number of ether oxygens (including phenoxy) is 2. The molecular weight excluding hydrogens is 953 g/mol. The van der Waals surface area contributed by atoms with Gasteiger partial charge in [0.15, 0.2) is 11.5 Å². The molecule has 0 spiro atoms. The van der Waals surface area contributed by atoms with Crippen molar-refractivity contribution in [3.8, 4) is 56.5 Å². The lowest BCUT2D eigenvalue weighted by atomic mass is 10.0. The summed E-state index contributed by atoms with van der Waals surface area (Å²) in [5.74, 6) is 1.36. The zero-order valence-electron chi connectivity index (χ0n) is 42.9. The van der Waals surface area contributed by atoms with Crippen LogP contribution in [-0.4, -0.2) is 32.5 Å². The summed E-state index contributed by atoms with van der Waals surface area (Å²) in [7, 11) is 3.42. The summed E-state index contributed by atoms with van der Waals surface area (Å²) in [4.78, 5) is 0. The molecule has 0 amide bonds. The zero-order chi connectivity index (χ0) is 51.6. The monoisotopic (exact) mass is 1000 g/mol. The SMILES string of the molecule is COc1cc2cc(-n3c4ccccc4c4cc(-c5ccc6c(c5)c5ccccc5n6-c5ccccc5)ccc43)cc(-n3c4ccccc4c4cc(-c5ccc6c(c5)c5ccccc5n6-c5ccccc5)ccc43)c2cc1OC. The number of methoxy groups -OCH3 is 2. The van der Waals surface area contributed by atoms with Crippen molar-refractivity contribution in [2.45, 2.75) is 0 Å². The van der Waals surface area contributed by atoms with E-state index in [0.29, 0.717) is 11.5 Å². The van der Waals surface area contributed by atoms with Crippen LogP contribution in [0.15, 0.2) is 255 Å². The van der Waals surface area contributed by atoms with E-state index in [1.54, 1.807) is 14.2 Å². The molecule has 0 aliphatic heterocycles. The predicted molar refractivity (Wildman–Crippen MR) is 325 cm³/mol. The summed E-state index contributed by atoms with van der Waals surface area (Å²) < 4.78 is 21.7. The van der Waals surface area contributed by atoms with Crippen molar-refractivity contribution in [3.63, 3.8) is 0 Å². The van der Waals surface area contributed by atoms with E-state index in [4.69, 9.17) is 9.47 Å². The fourth-order valence-electron chi connectivity index (χ4n) is 12.8. The normalized spacial score (nSPS) is 12.0. The highest BCUT2D eigenvalue weighted by Crippen LogP contribution is 2.44. The van der Waals surface area contributed by atoms with Crippen molar-refractivity contribution < 1.29 is 9.47 Å². The van der Waals surface area contributed by atoms with E-state index in [2.05, 4.69) is 273 Å². The van der Waals surface area contributed by atoms with Crippen LogP contribution in [0.4, 0.5) is 0 Å². The van der Waals surface area contributed by atoms with E-state index in [-0.39, 0.29) is 0 Å². The summed E-state index contributed by atoms with van der Waals surface area (Å²) >= 11 is 0. The highest BCUT2D eigenvalue weighted by molar-refractivity contribution is 6.16. The number of aromatic nitrogens is 4. The van der Waals surface area contributed by atoms with Gasteiger partial charge in [-0.15, -0.1) is 0 Å². The molecule has 16 aromatic rings. The Morgan fingerprint density at radius 2 is 0.551 bits per heavy atom. The lowest BCUT2D eigenvalue weighted by Crippen LogP contribution is -2.01. The minimum atomic E-state index is 0.679. The van der Waals surface area contributed by atoms with E-state index < -0.39 is 0 Å². The van der Waals surface area contributed by atoms with Gasteiger partial charge in [-0.25, -0.2) is 0 Å². The van der Waals surface area contributed by atoms with E-state index in [9.17, 15) is 0 Å². The number of nitrogens with zero attached hydrogens (tertiary/aromatic N) is 4. The first kappa shape index (κ1) is 44.0. The standard InChI is InChI=1S/C72H48N4O2/c1-77-71-42-49-37-52(75-64-27-15-11-23-55(64)60-40-47(31-35-68(60)75)45-29-33-66-58(38-45)53-21-9-13-25-62(53)73(66)50-17-5-3-6-18-50)43-70(57(49)44-72(71)78-2)76-65-28-16-12-24-56(65)61-41-48(32-36-69(61)76)46-30-34-67-59(39-46)54-22-10-14-26-63(54)74(67)51-19-7-4-8-20-51/h3-44H,1-2H3. The largest absolute Gasteiger partial charge is 0.493 e. The third kappa shape index (κ3) is 6.50. The number of fused-ring (bicyclic) bond motifs is 13. The third-order valence-electron chi connectivity index (χ3n) is 16.3. The number of rotatable bonds is 8. The van der Waals surface area contributed by atoms with Crippen LogP contribution in [0.2, 0.25) is 0 Å². The molecule has 0 bridgehead atoms. The summed E-state index contributed by atoms with van der Waals surface area (Å²) in [5, 5.41) is 11.8. The topological polar surface area (TPSA) is 38.2 Å². The third-order valence-corrected chi connectivity index (χ3v) is 16.3. The Hall–Kier alpha value is -10.3. The van der Waals surface area contributed by atoms with Crippen molar-refractivity contribution in [2.24, 2.45) is 0 Å². The predicted octanol–water partition coefficient (Wildman–Crippen LogP) is 18.6. The van der Waals surface area contributed by atoms with Crippen molar-refractivity contribution >= 4 is 98.0 Å². The van der Waals surface area contributed by atoms with Gasteiger partial charge in [0.05, 0.1) is 64.0 Å². The van der Waals surface area contributed by atoms with Crippen LogP contribution in [0.3, 0.4) is 0 Å². The van der Waals surface area contributed by atoms with Crippen LogP contribution in [0, 0.1) is 0 Å². The molecule has 0 aliphatic rings. The molecule has 0 fully saturated rings. The Morgan fingerprint density at radius 3 is 0.949 bits per heavy atom. The van der Waals surface area contributed by atoms with Crippen LogP contribution in [0.5, 0.6) is 11.5 Å².